The number of hydrogen-bond acceptors (Lipinski definition) is 5. The molecule has 1 heterocycles. The zero-order chi connectivity index (χ0) is 13.0. The first-order valence-corrected chi connectivity index (χ1v) is 6.05. The van der Waals surface area contributed by atoms with E-state index in [9.17, 15) is 4.79 Å². The van der Waals surface area contributed by atoms with E-state index in [4.69, 9.17) is 9.84 Å². The predicted octanol–water partition coefficient (Wildman–Crippen LogP) is 1.32. The number of aliphatic carboxylic acids is 1. The quantitative estimate of drug-likeness (QED) is 0.850. The van der Waals surface area contributed by atoms with E-state index in [1.165, 1.54) is 13.3 Å². The Morgan fingerprint density at radius 1 is 1.50 bits per heavy atom. The topological polar surface area (TPSA) is 75.5 Å². The van der Waals surface area contributed by atoms with Crippen LogP contribution in [-0.4, -0.2) is 40.7 Å². The first-order chi connectivity index (χ1) is 8.70. The minimum Gasteiger partial charge on any atom is -0.480 e. The van der Waals surface area contributed by atoms with Crippen molar-refractivity contribution < 1.29 is 14.6 Å². The molecule has 0 amide bonds. The molecule has 6 heteroatoms. The molecule has 1 aromatic rings. The Morgan fingerprint density at radius 2 is 2.22 bits per heavy atom. The van der Waals surface area contributed by atoms with Gasteiger partial charge < -0.3 is 14.7 Å². The van der Waals surface area contributed by atoms with Gasteiger partial charge in [-0.2, -0.15) is 4.98 Å². The first kappa shape index (κ1) is 12.6. The molecular weight excluding hydrogens is 234 g/mol. The van der Waals surface area contributed by atoms with Gasteiger partial charge in [0.25, 0.3) is 0 Å². The molecule has 1 aliphatic carbocycles. The van der Waals surface area contributed by atoms with Gasteiger partial charge in [0.1, 0.15) is 6.54 Å². The van der Waals surface area contributed by atoms with Crippen LogP contribution in [0.4, 0.5) is 5.82 Å². The van der Waals surface area contributed by atoms with Gasteiger partial charge in [0, 0.05) is 6.04 Å². The maximum atomic E-state index is 11.0. The van der Waals surface area contributed by atoms with Crippen LogP contribution in [0.3, 0.4) is 0 Å². The third kappa shape index (κ3) is 2.88. The number of methoxy groups -OCH3 is 1. The number of carboxylic acids is 1. The molecule has 0 unspecified atom stereocenters. The lowest BCUT2D eigenvalue weighted by Gasteiger charge is -2.28. The highest BCUT2D eigenvalue weighted by Crippen LogP contribution is 2.27. The van der Waals surface area contributed by atoms with Crippen LogP contribution >= 0.6 is 0 Å². The molecule has 1 saturated carbocycles. The van der Waals surface area contributed by atoms with E-state index in [2.05, 4.69) is 9.97 Å². The number of nitrogens with zero attached hydrogens (tertiary/aromatic N) is 3. The number of hydrogen-bond donors (Lipinski definition) is 1. The molecule has 0 saturated heterocycles. The van der Waals surface area contributed by atoms with Crippen molar-refractivity contribution in [2.75, 3.05) is 18.6 Å². The summed E-state index contributed by atoms with van der Waals surface area (Å²) in [6.07, 6.45) is 7.38. The lowest BCUT2D eigenvalue weighted by molar-refractivity contribution is -0.135. The number of ether oxygens (including phenoxy) is 1. The monoisotopic (exact) mass is 251 g/mol. The molecule has 1 aliphatic rings. The van der Waals surface area contributed by atoms with Gasteiger partial charge in [0.15, 0.2) is 5.82 Å². The van der Waals surface area contributed by atoms with Crippen LogP contribution in [0.15, 0.2) is 12.4 Å². The van der Waals surface area contributed by atoms with Gasteiger partial charge in [0.2, 0.25) is 5.88 Å². The van der Waals surface area contributed by atoms with E-state index >= 15 is 0 Å². The van der Waals surface area contributed by atoms with Crippen LogP contribution in [0.1, 0.15) is 25.7 Å². The van der Waals surface area contributed by atoms with Crippen molar-refractivity contribution in [2.24, 2.45) is 0 Å². The number of carbonyl (C=O) groups is 1. The number of rotatable bonds is 5. The van der Waals surface area contributed by atoms with Crippen molar-refractivity contribution in [1.29, 1.82) is 0 Å². The number of anilines is 1. The molecule has 0 atom stereocenters. The molecule has 1 fully saturated rings. The van der Waals surface area contributed by atoms with Crippen LogP contribution < -0.4 is 9.64 Å². The maximum Gasteiger partial charge on any atom is 0.323 e. The highest BCUT2D eigenvalue weighted by molar-refractivity contribution is 5.73. The van der Waals surface area contributed by atoms with Gasteiger partial charge in [-0.25, -0.2) is 0 Å². The molecule has 98 valence electrons. The second kappa shape index (κ2) is 5.66. The summed E-state index contributed by atoms with van der Waals surface area (Å²) in [5, 5.41) is 9.01. The largest absolute Gasteiger partial charge is 0.480 e. The third-order valence-corrected chi connectivity index (χ3v) is 3.17. The second-order valence-corrected chi connectivity index (χ2v) is 4.38. The van der Waals surface area contributed by atoms with Crippen molar-refractivity contribution in [2.45, 2.75) is 31.7 Å². The smallest absolute Gasteiger partial charge is 0.323 e. The van der Waals surface area contributed by atoms with Crippen molar-refractivity contribution in [1.82, 2.24) is 9.97 Å². The van der Waals surface area contributed by atoms with Crippen molar-refractivity contribution in [3.05, 3.63) is 12.4 Å². The summed E-state index contributed by atoms with van der Waals surface area (Å²) in [4.78, 5) is 21.1. The molecule has 0 bridgehead atoms. The van der Waals surface area contributed by atoms with Crippen LogP contribution in [0.2, 0.25) is 0 Å². The fourth-order valence-corrected chi connectivity index (χ4v) is 2.33. The van der Waals surface area contributed by atoms with Gasteiger partial charge in [-0.3, -0.25) is 9.78 Å². The Morgan fingerprint density at radius 3 is 2.83 bits per heavy atom. The lowest BCUT2D eigenvalue weighted by Crippen LogP contribution is -2.38. The highest BCUT2D eigenvalue weighted by Gasteiger charge is 2.25. The minimum atomic E-state index is -0.855. The van der Waals surface area contributed by atoms with E-state index in [1.54, 1.807) is 6.20 Å². The average Bonchev–Trinajstić information content (AvgIpc) is 2.89. The fraction of sp³-hybridized carbons (Fsp3) is 0.583. The standard InChI is InChI=1S/C12H17N3O3/c1-18-11-7-13-6-10(14-11)15(8-12(16)17)9-4-2-3-5-9/h6-7,9H,2-5,8H2,1H3,(H,16,17). The molecule has 0 aliphatic heterocycles. The Hall–Kier alpha value is -1.85. The molecule has 18 heavy (non-hydrogen) atoms. The Bertz CT molecular complexity index is 419. The summed E-state index contributed by atoms with van der Waals surface area (Å²) in [6.45, 7) is -0.0491. The molecular formula is C12H17N3O3. The van der Waals surface area contributed by atoms with Gasteiger partial charge in [-0.1, -0.05) is 12.8 Å². The van der Waals surface area contributed by atoms with Gasteiger partial charge in [0.05, 0.1) is 19.5 Å². The first-order valence-electron chi connectivity index (χ1n) is 6.05. The maximum absolute atomic E-state index is 11.0. The summed E-state index contributed by atoms with van der Waals surface area (Å²) >= 11 is 0. The lowest BCUT2D eigenvalue weighted by atomic mass is 10.2. The molecule has 0 aromatic carbocycles. The van der Waals surface area contributed by atoms with E-state index in [0.717, 1.165) is 25.7 Å². The van der Waals surface area contributed by atoms with E-state index in [1.807, 2.05) is 4.90 Å². The number of aromatic nitrogens is 2. The molecule has 0 spiro atoms. The molecule has 1 aromatic heterocycles. The Labute approximate surface area is 106 Å². The normalized spacial score (nSPS) is 15.6. The van der Waals surface area contributed by atoms with Crippen LogP contribution in [0, 0.1) is 0 Å². The summed E-state index contributed by atoms with van der Waals surface area (Å²) in [5.74, 6) is 0.121. The van der Waals surface area contributed by atoms with Crippen molar-refractivity contribution in [3.8, 4) is 5.88 Å². The second-order valence-electron chi connectivity index (χ2n) is 4.38. The Kier molecular flexibility index (Phi) is 3.96. The summed E-state index contributed by atoms with van der Waals surface area (Å²) in [5.41, 5.74) is 0. The highest BCUT2D eigenvalue weighted by atomic mass is 16.5. The van der Waals surface area contributed by atoms with Crippen molar-refractivity contribution >= 4 is 11.8 Å². The summed E-state index contributed by atoms with van der Waals surface area (Å²) < 4.78 is 5.02. The van der Waals surface area contributed by atoms with E-state index in [-0.39, 0.29) is 12.6 Å². The van der Waals surface area contributed by atoms with Crippen molar-refractivity contribution in [3.63, 3.8) is 0 Å². The zero-order valence-corrected chi connectivity index (χ0v) is 10.4. The minimum absolute atomic E-state index is 0.0491. The third-order valence-electron chi connectivity index (χ3n) is 3.17. The predicted molar refractivity (Wildman–Crippen MR) is 65.8 cm³/mol. The number of carboxylic acid groups (broad SMARTS) is 1. The fourth-order valence-electron chi connectivity index (χ4n) is 2.33. The van der Waals surface area contributed by atoms with Crippen LogP contribution in [0.25, 0.3) is 0 Å². The molecule has 0 radical (unpaired) electrons. The van der Waals surface area contributed by atoms with Gasteiger partial charge in [-0.15, -0.1) is 0 Å². The van der Waals surface area contributed by atoms with Gasteiger partial charge in [-0.05, 0) is 12.8 Å². The summed E-state index contributed by atoms with van der Waals surface area (Å²) in [6, 6.07) is 0.238. The zero-order valence-electron chi connectivity index (χ0n) is 10.4. The Balaban J connectivity index is 2.23. The average molecular weight is 251 g/mol. The summed E-state index contributed by atoms with van der Waals surface area (Å²) in [7, 11) is 1.52. The van der Waals surface area contributed by atoms with E-state index in [0.29, 0.717) is 11.7 Å². The molecule has 6 nitrogen and oxygen atoms in total. The van der Waals surface area contributed by atoms with Crippen LogP contribution in [0.5, 0.6) is 5.88 Å². The molecule has 2 rings (SSSR count). The molecule has 1 N–H and O–H groups in total. The van der Waals surface area contributed by atoms with Crippen LogP contribution in [-0.2, 0) is 4.79 Å². The van der Waals surface area contributed by atoms with E-state index < -0.39 is 5.97 Å². The van der Waals surface area contributed by atoms with Gasteiger partial charge >= 0.3 is 5.97 Å². The SMILES string of the molecule is COc1cncc(N(CC(=O)O)C2CCCC2)n1.